The minimum absolute atomic E-state index is 0.0863. The predicted molar refractivity (Wildman–Crippen MR) is 152 cm³/mol. The van der Waals surface area contributed by atoms with Gasteiger partial charge in [-0.25, -0.2) is 0 Å². The number of nitrogens with one attached hydrogen (secondary N) is 1. The van der Waals surface area contributed by atoms with Gasteiger partial charge in [-0.1, -0.05) is 62.2 Å². The van der Waals surface area contributed by atoms with E-state index in [0.29, 0.717) is 36.0 Å². The van der Waals surface area contributed by atoms with Gasteiger partial charge in [0.05, 0.1) is 12.2 Å². The van der Waals surface area contributed by atoms with E-state index < -0.39 is 21.6 Å². The molecule has 3 nitrogen and oxygen atoms in total. The molecule has 4 aliphatic rings. The molecule has 7 atom stereocenters. The molecule has 4 fully saturated rings. The monoisotopic (exact) mass is 507 g/mol. The molecule has 1 aromatic carbocycles. The van der Waals surface area contributed by atoms with Crippen molar-refractivity contribution in [1.29, 1.82) is 4.78 Å². The Morgan fingerprint density at radius 2 is 1.86 bits per heavy atom. The topological polar surface area (TPSA) is 64.3 Å². The fourth-order valence-electron chi connectivity index (χ4n) is 8.15. The number of rotatable bonds is 6. The lowest BCUT2D eigenvalue weighted by Gasteiger charge is -2.45. The summed E-state index contributed by atoms with van der Waals surface area (Å²) in [4.78, 5) is 1.14. The summed E-state index contributed by atoms with van der Waals surface area (Å²) >= 11 is 0. The highest BCUT2D eigenvalue weighted by Gasteiger charge is 2.55. The second-order valence-electron chi connectivity index (χ2n) is 12.6. The van der Waals surface area contributed by atoms with Crippen molar-refractivity contribution in [3.63, 3.8) is 0 Å². The first-order valence-electron chi connectivity index (χ1n) is 14.0. The third-order valence-corrected chi connectivity index (χ3v) is 13.5. The van der Waals surface area contributed by atoms with Crippen molar-refractivity contribution in [3.05, 3.63) is 65.8 Å². The van der Waals surface area contributed by atoms with Gasteiger partial charge in [-0.2, -0.15) is 0 Å². The Kier molecular flexibility index (Phi) is 6.93. The van der Waals surface area contributed by atoms with E-state index in [1.165, 1.54) is 25.7 Å². The molecule has 4 saturated carbocycles. The minimum Gasteiger partial charge on any atom is -0.393 e. The number of fused-ring (bicyclic) bond motifs is 1. The van der Waals surface area contributed by atoms with E-state index in [-0.39, 0.29) is 4.75 Å². The average molecular weight is 508 g/mol. The van der Waals surface area contributed by atoms with Gasteiger partial charge in [0.25, 0.3) is 0 Å². The summed E-state index contributed by atoms with van der Waals surface area (Å²) in [6, 6.07) is 10.4. The molecular formula is C32H45NO2S. The van der Waals surface area contributed by atoms with Crippen LogP contribution in [-0.4, -0.2) is 33.0 Å². The van der Waals surface area contributed by atoms with Gasteiger partial charge in [-0.15, -0.1) is 9.41 Å². The van der Waals surface area contributed by atoms with Crippen molar-refractivity contribution < 1.29 is 10.2 Å². The Balaban J connectivity index is 1.33. The first-order valence-corrected chi connectivity index (χ1v) is 15.8. The van der Waals surface area contributed by atoms with Crippen LogP contribution >= 0.6 is 0 Å². The predicted octanol–water partition coefficient (Wildman–Crippen LogP) is 7.09. The Bertz CT molecular complexity index is 1160. The summed E-state index contributed by atoms with van der Waals surface area (Å²) in [5.41, 5.74) is 3.65. The van der Waals surface area contributed by atoms with Crippen LogP contribution in [0.15, 0.2) is 70.7 Å². The first kappa shape index (κ1) is 26.0. The maximum absolute atomic E-state index is 10.2. The third kappa shape index (κ3) is 4.48. The highest BCUT2D eigenvalue weighted by atomic mass is 32.2. The zero-order chi connectivity index (χ0) is 25.7. The first-order chi connectivity index (χ1) is 17.1. The summed E-state index contributed by atoms with van der Waals surface area (Å²) in [5.74, 6) is 6.45. The largest absolute Gasteiger partial charge is 0.393 e. The van der Waals surface area contributed by atoms with Gasteiger partial charge in [-0.3, -0.25) is 4.78 Å². The Morgan fingerprint density at radius 3 is 2.56 bits per heavy atom. The lowest BCUT2D eigenvalue weighted by molar-refractivity contribution is 0.0861. The van der Waals surface area contributed by atoms with E-state index >= 15 is 0 Å². The zero-order valence-corrected chi connectivity index (χ0v) is 23.0. The molecule has 36 heavy (non-hydrogen) atoms. The maximum Gasteiger partial charge on any atom is 0.0811 e. The van der Waals surface area contributed by atoms with Gasteiger partial charge in [0.15, 0.2) is 0 Å². The van der Waals surface area contributed by atoms with E-state index in [1.54, 1.807) is 5.57 Å². The average Bonchev–Trinajstić information content (AvgIpc) is 3.54. The molecule has 0 amide bonds. The fourth-order valence-corrected chi connectivity index (χ4v) is 10.6. The summed E-state index contributed by atoms with van der Waals surface area (Å²) in [6.07, 6.45) is 14.0. The van der Waals surface area contributed by atoms with E-state index in [4.69, 9.17) is 0 Å². The number of hydrogen-bond acceptors (Lipinski definition) is 3. The second-order valence-corrected chi connectivity index (χ2v) is 15.4. The van der Waals surface area contributed by atoms with Gasteiger partial charge in [0, 0.05) is 16.1 Å². The molecule has 0 saturated heterocycles. The van der Waals surface area contributed by atoms with Crippen molar-refractivity contribution in [2.24, 2.45) is 23.2 Å². The van der Waals surface area contributed by atoms with Crippen molar-refractivity contribution in [3.8, 4) is 0 Å². The minimum atomic E-state index is -1.82. The molecule has 3 N–H and O–H groups in total. The molecular weight excluding hydrogens is 462 g/mol. The SMILES string of the molecule is C=C1/C(=C\C=C2/CCC[C@]3(C)[C@@H]([C@H](C)CC4(S(=C)(=N)c5ccccc5)CC4)CC[C@@H]23)C[C@@H](O)C[C@@H]1O. The normalized spacial score (nSPS) is 38.5. The molecule has 1 unspecified atom stereocenters. The van der Waals surface area contributed by atoms with Crippen LogP contribution in [0.3, 0.4) is 0 Å². The van der Waals surface area contributed by atoms with E-state index in [2.05, 4.69) is 62.7 Å². The highest BCUT2D eigenvalue weighted by molar-refractivity contribution is 8.02. The molecule has 4 aliphatic carbocycles. The van der Waals surface area contributed by atoms with Gasteiger partial charge in [0.1, 0.15) is 0 Å². The van der Waals surface area contributed by atoms with Gasteiger partial charge in [0.2, 0.25) is 0 Å². The molecule has 0 radical (unpaired) electrons. The van der Waals surface area contributed by atoms with Crippen LogP contribution in [-0.2, 0) is 9.41 Å². The van der Waals surface area contributed by atoms with Gasteiger partial charge < -0.3 is 10.2 Å². The van der Waals surface area contributed by atoms with Crippen LogP contribution in [0.5, 0.6) is 0 Å². The lowest BCUT2D eigenvalue weighted by atomic mass is 9.60. The molecule has 0 spiro atoms. The summed E-state index contributed by atoms with van der Waals surface area (Å²) in [6.45, 7) is 9.10. The maximum atomic E-state index is 10.2. The fraction of sp³-hybridized carbons (Fsp3) is 0.594. The number of benzene rings is 1. The number of aliphatic hydroxyl groups is 2. The van der Waals surface area contributed by atoms with E-state index in [9.17, 15) is 15.0 Å². The van der Waals surface area contributed by atoms with Crippen molar-refractivity contribution in [2.45, 2.75) is 99.9 Å². The Morgan fingerprint density at radius 1 is 1.14 bits per heavy atom. The molecule has 0 aromatic heterocycles. The molecule has 1 aromatic rings. The van der Waals surface area contributed by atoms with Crippen molar-refractivity contribution in [1.82, 2.24) is 0 Å². The number of hydrogen-bond donors (Lipinski definition) is 3. The van der Waals surface area contributed by atoms with Crippen LogP contribution in [0.2, 0.25) is 0 Å². The van der Waals surface area contributed by atoms with Crippen LogP contribution < -0.4 is 0 Å². The van der Waals surface area contributed by atoms with E-state index in [0.717, 1.165) is 41.7 Å². The molecule has 196 valence electrons. The smallest absolute Gasteiger partial charge is 0.0811 e. The van der Waals surface area contributed by atoms with Crippen LogP contribution in [0.1, 0.15) is 78.1 Å². The number of allylic oxidation sites excluding steroid dienone is 3. The molecule has 0 aliphatic heterocycles. The second kappa shape index (κ2) is 9.60. The van der Waals surface area contributed by atoms with Gasteiger partial charge >= 0.3 is 0 Å². The third-order valence-electron chi connectivity index (χ3n) is 10.4. The van der Waals surface area contributed by atoms with Crippen LogP contribution in [0, 0.1) is 27.9 Å². The standard InChI is InChI=1S/C32H45NO2S/c1-22(21-32(17-18-32)36(4,33)27-10-6-5-7-11-27)28-14-15-29-24(9-8-16-31(28,29)3)12-13-25-19-26(34)20-30(35)23(25)2/h5-7,10-13,22,26,28-30,33-35H,2,4,8-9,14-21H2,1,3H3/b24-12+,25-13-/t22-,26-,28-,29+,30+,31-,36?/m1/s1. The molecule has 0 heterocycles. The summed E-state index contributed by atoms with van der Waals surface area (Å²) < 4.78 is 9.46. The van der Waals surface area contributed by atoms with E-state index in [1.807, 2.05) is 6.07 Å². The molecule has 5 rings (SSSR count). The Hall–Kier alpha value is -1.62. The van der Waals surface area contributed by atoms with Crippen LogP contribution in [0.4, 0.5) is 0 Å². The zero-order valence-electron chi connectivity index (χ0n) is 22.2. The summed E-state index contributed by atoms with van der Waals surface area (Å²) in [7, 11) is -1.82. The van der Waals surface area contributed by atoms with Crippen molar-refractivity contribution >= 4 is 15.3 Å². The van der Waals surface area contributed by atoms with Gasteiger partial charge in [-0.05, 0) is 104 Å². The molecule has 4 heteroatoms. The quantitative estimate of drug-likeness (QED) is 0.360. The molecule has 0 bridgehead atoms. The Labute approximate surface area is 218 Å². The van der Waals surface area contributed by atoms with Crippen LogP contribution in [0.25, 0.3) is 0 Å². The number of aliphatic hydroxyl groups excluding tert-OH is 2. The summed E-state index contributed by atoms with van der Waals surface area (Å²) in [5, 5.41) is 20.4. The lowest BCUT2D eigenvalue weighted by Crippen LogP contribution is -2.37. The highest BCUT2D eigenvalue weighted by Crippen LogP contribution is 2.62. The van der Waals surface area contributed by atoms with Crippen molar-refractivity contribution in [2.75, 3.05) is 0 Å².